The minimum Gasteiger partial charge on any atom is -0.493 e. The fourth-order valence-electron chi connectivity index (χ4n) is 4.43. The van der Waals surface area contributed by atoms with Crippen LogP contribution in [0.3, 0.4) is 0 Å². The van der Waals surface area contributed by atoms with E-state index in [-0.39, 0.29) is 17.2 Å². The number of benzene rings is 2. The maximum atomic E-state index is 13.7. The zero-order chi connectivity index (χ0) is 27.4. The van der Waals surface area contributed by atoms with Crippen LogP contribution in [0.4, 0.5) is 0 Å². The zero-order valence-electron chi connectivity index (χ0n) is 21.4. The van der Waals surface area contributed by atoms with E-state index >= 15 is 0 Å². The van der Waals surface area contributed by atoms with Crippen molar-refractivity contribution in [2.45, 2.75) is 37.8 Å². The molecule has 1 aliphatic carbocycles. The van der Waals surface area contributed by atoms with E-state index in [9.17, 15) is 14.4 Å². The summed E-state index contributed by atoms with van der Waals surface area (Å²) in [6.07, 6.45) is 5.53. The lowest BCUT2D eigenvalue weighted by Crippen LogP contribution is -2.24. The number of ether oxygens (including phenoxy) is 2. The summed E-state index contributed by atoms with van der Waals surface area (Å²) in [5.74, 6) is -0.125. The molecule has 0 atom stereocenters. The number of hydrazone groups is 1. The van der Waals surface area contributed by atoms with Crippen molar-refractivity contribution >= 4 is 51.4 Å². The van der Waals surface area contributed by atoms with E-state index in [2.05, 4.69) is 10.5 Å². The fourth-order valence-corrected chi connectivity index (χ4v) is 6.54. The Bertz CT molecular complexity index is 1630. The number of thiophene rings is 1. The summed E-state index contributed by atoms with van der Waals surface area (Å²) in [5, 5.41) is 5.19. The lowest BCUT2D eigenvalue weighted by molar-refractivity contribution is -0.132. The van der Waals surface area contributed by atoms with Gasteiger partial charge in [-0.1, -0.05) is 30.0 Å². The standard InChI is InChI=1S/C28H26N4O5S2/c1-17(33)37-21-13-12-18(14-22(21)36-2)15-29-31-24(34)16-38-28-30-26-25(20-10-6-7-11-23(20)39-26)27(35)32(28)19-8-4-3-5-9-19/h3-5,8-9,12-15H,6-7,10-11,16H2,1-2H3,(H,31,34)/b29-15+. The second-order valence-corrected chi connectivity index (χ2v) is 10.9. The second-order valence-electron chi connectivity index (χ2n) is 8.85. The largest absolute Gasteiger partial charge is 0.493 e. The molecule has 2 heterocycles. The highest BCUT2D eigenvalue weighted by molar-refractivity contribution is 7.99. The number of hydrogen-bond acceptors (Lipinski definition) is 9. The molecule has 11 heteroatoms. The number of aryl methyl sites for hydroxylation is 2. The van der Waals surface area contributed by atoms with Gasteiger partial charge in [0.15, 0.2) is 16.7 Å². The van der Waals surface area contributed by atoms with Gasteiger partial charge in [-0.05, 0) is 67.1 Å². The van der Waals surface area contributed by atoms with Gasteiger partial charge in [-0.15, -0.1) is 11.3 Å². The van der Waals surface area contributed by atoms with Crippen LogP contribution in [0.5, 0.6) is 11.5 Å². The van der Waals surface area contributed by atoms with Crippen LogP contribution in [0.1, 0.15) is 35.8 Å². The van der Waals surface area contributed by atoms with Gasteiger partial charge in [-0.2, -0.15) is 5.10 Å². The molecule has 0 saturated heterocycles. The van der Waals surface area contributed by atoms with Crippen LogP contribution in [-0.2, 0) is 22.4 Å². The maximum Gasteiger partial charge on any atom is 0.308 e. The number of esters is 1. The molecule has 1 N–H and O–H groups in total. The molecule has 2 aromatic carbocycles. The number of hydrogen-bond donors (Lipinski definition) is 1. The first-order valence-electron chi connectivity index (χ1n) is 12.4. The summed E-state index contributed by atoms with van der Waals surface area (Å²) in [6, 6.07) is 14.3. The number of para-hydroxylation sites is 1. The molecule has 0 spiro atoms. The van der Waals surface area contributed by atoms with E-state index in [0.717, 1.165) is 36.1 Å². The van der Waals surface area contributed by atoms with Gasteiger partial charge in [0.1, 0.15) is 4.83 Å². The van der Waals surface area contributed by atoms with Crippen LogP contribution < -0.4 is 20.5 Å². The Morgan fingerprint density at radius 3 is 2.72 bits per heavy atom. The number of nitrogens with zero attached hydrogens (tertiary/aromatic N) is 3. The van der Waals surface area contributed by atoms with E-state index in [1.165, 1.54) is 36.9 Å². The third-order valence-electron chi connectivity index (χ3n) is 6.15. The van der Waals surface area contributed by atoms with Crippen LogP contribution in [0.25, 0.3) is 15.9 Å². The van der Waals surface area contributed by atoms with Gasteiger partial charge in [0, 0.05) is 11.8 Å². The Kier molecular flexibility index (Phi) is 8.08. The van der Waals surface area contributed by atoms with Gasteiger partial charge in [0.25, 0.3) is 11.5 Å². The van der Waals surface area contributed by atoms with E-state index < -0.39 is 5.97 Å². The van der Waals surface area contributed by atoms with Crippen molar-refractivity contribution in [2.75, 3.05) is 12.9 Å². The molecular formula is C28H26N4O5S2. The number of methoxy groups -OCH3 is 1. The quantitative estimate of drug-likeness (QED) is 0.0840. The molecule has 2 aromatic heterocycles. The third-order valence-corrected chi connectivity index (χ3v) is 8.27. The highest BCUT2D eigenvalue weighted by atomic mass is 32.2. The monoisotopic (exact) mass is 562 g/mol. The van der Waals surface area contributed by atoms with Crippen LogP contribution >= 0.6 is 23.1 Å². The molecule has 200 valence electrons. The molecule has 0 saturated carbocycles. The van der Waals surface area contributed by atoms with Crippen molar-refractivity contribution in [1.29, 1.82) is 0 Å². The van der Waals surface area contributed by atoms with E-state index in [4.69, 9.17) is 14.5 Å². The average molecular weight is 563 g/mol. The maximum absolute atomic E-state index is 13.7. The number of amides is 1. The van der Waals surface area contributed by atoms with Crippen molar-refractivity contribution in [3.63, 3.8) is 0 Å². The van der Waals surface area contributed by atoms with Crippen molar-refractivity contribution < 1.29 is 19.1 Å². The predicted octanol–water partition coefficient (Wildman–Crippen LogP) is 4.50. The smallest absolute Gasteiger partial charge is 0.308 e. The molecule has 5 rings (SSSR count). The van der Waals surface area contributed by atoms with Crippen molar-refractivity contribution in [3.05, 3.63) is 74.9 Å². The first kappa shape index (κ1) is 26.6. The molecule has 39 heavy (non-hydrogen) atoms. The van der Waals surface area contributed by atoms with Crippen LogP contribution in [0.15, 0.2) is 63.6 Å². The first-order chi connectivity index (χ1) is 18.9. The summed E-state index contributed by atoms with van der Waals surface area (Å²) in [7, 11) is 1.47. The van der Waals surface area contributed by atoms with Gasteiger partial charge < -0.3 is 9.47 Å². The number of rotatable bonds is 8. The number of aromatic nitrogens is 2. The van der Waals surface area contributed by atoms with E-state index in [1.54, 1.807) is 34.1 Å². The zero-order valence-corrected chi connectivity index (χ0v) is 23.1. The lowest BCUT2D eigenvalue weighted by atomic mass is 9.97. The second kappa shape index (κ2) is 11.8. The lowest BCUT2D eigenvalue weighted by Gasteiger charge is -2.13. The summed E-state index contributed by atoms with van der Waals surface area (Å²) in [5.41, 5.74) is 4.89. The summed E-state index contributed by atoms with van der Waals surface area (Å²) >= 11 is 2.77. The summed E-state index contributed by atoms with van der Waals surface area (Å²) in [4.78, 5) is 44.4. The third kappa shape index (κ3) is 5.89. The Labute approximate surface area is 232 Å². The number of nitrogens with one attached hydrogen (secondary N) is 1. The van der Waals surface area contributed by atoms with Crippen LogP contribution in [-0.4, -0.2) is 40.5 Å². The number of carbonyl (C=O) groups is 2. The topological polar surface area (TPSA) is 112 Å². The molecule has 0 radical (unpaired) electrons. The average Bonchev–Trinajstić information content (AvgIpc) is 3.31. The van der Waals surface area contributed by atoms with E-state index in [1.807, 2.05) is 30.3 Å². The highest BCUT2D eigenvalue weighted by Crippen LogP contribution is 2.35. The van der Waals surface area contributed by atoms with Crippen LogP contribution in [0.2, 0.25) is 0 Å². The van der Waals surface area contributed by atoms with Crippen LogP contribution in [0, 0.1) is 0 Å². The van der Waals surface area contributed by atoms with Gasteiger partial charge in [0.2, 0.25) is 0 Å². The minimum absolute atomic E-state index is 0.0158. The Morgan fingerprint density at radius 1 is 1.15 bits per heavy atom. The Morgan fingerprint density at radius 2 is 1.95 bits per heavy atom. The molecule has 0 unspecified atom stereocenters. The highest BCUT2D eigenvalue weighted by Gasteiger charge is 2.23. The summed E-state index contributed by atoms with van der Waals surface area (Å²) in [6.45, 7) is 1.31. The molecule has 1 aliphatic rings. The molecular weight excluding hydrogens is 536 g/mol. The van der Waals surface area contributed by atoms with Crippen molar-refractivity contribution in [2.24, 2.45) is 5.10 Å². The molecule has 4 aromatic rings. The normalized spacial score (nSPS) is 12.9. The van der Waals surface area contributed by atoms with Gasteiger partial charge in [-0.25, -0.2) is 10.4 Å². The van der Waals surface area contributed by atoms with Gasteiger partial charge in [-0.3, -0.25) is 19.0 Å². The summed E-state index contributed by atoms with van der Waals surface area (Å²) < 4.78 is 11.9. The Balaban J connectivity index is 1.34. The van der Waals surface area contributed by atoms with Crippen molar-refractivity contribution in [1.82, 2.24) is 15.0 Å². The Hall–Kier alpha value is -3.96. The van der Waals surface area contributed by atoms with Gasteiger partial charge >= 0.3 is 5.97 Å². The minimum atomic E-state index is -0.454. The predicted molar refractivity (Wildman–Crippen MR) is 153 cm³/mol. The number of thioether (sulfide) groups is 1. The molecule has 0 bridgehead atoms. The van der Waals surface area contributed by atoms with E-state index in [0.29, 0.717) is 33.3 Å². The van der Waals surface area contributed by atoms with Crippen molar-refractivity contribution in [3.8, 4) is 17.2 Å². The molecule has 1 amide bonds. The number of fused-ring (bicyclic) bond motifs is 3. The SMILES string of the molecule is COc1cc(/C=N/NC(=O)CSc2nc3sc4c(c3c(=O)n2-c2ccccc2)CCCC4)ccc1OC(C)=O. The molecule has 9 nitrogen and oxygen atoms in total. The molecule has 0 fully saturated rings. The first-order valence-corrected chi connectivity index (χ1v) is 14.2. The number of carbonyl (C=O) groups excluding carboxylic acids is 2. The molecule has 0 aliphatic heterocycles. The fraction of sp³-hybridized carbons (Fsp3) is 0.250. The van der Waals surface area contributed by atoms with Gasteiger partial charge in [0.05, 0.1) is 30.2 Å².